The van der Waals surface area contributed by atoms with Crippen molar-refractivity contribution in [3.63, 3.8) is 0 Å². The third-order valence-electron chi connectivity index (χ3n) is 7.21. The summed E-state index contributed by atoms with van der Waals surface area (Å²) in [7, 11) is 0.143. The second-order valence-corrected chi connectivity index (χ2v) is 15.2. The van der Waals surface area contributed by atoms with E-state index in [1.165, 1.54) is 4.57 Å². The molecule has 7 rings (SSSR count). The van der Waals surface area contributed by atoms with Crippen LogP contribution in [0.25, 0.3) is 11.3 Å². The smallest absolute Gasteiger partial charge is 0.250 e. The van der Waals surface area contributed by atoms with Crippen LogP contribution in [0.2, 0.25) is 25.2 Å². The highest BCUT2D eigenvalue weighted by molar-refractivity contribution is 6.78. The fourth-order valence-corrected chi connectivity index (χ4v) is 9.12. The highest BCUT2D eigenvalue weighted by Gasteiger charge is 2.70. The van der Waals surface area contributed by atoms with E-state index in [-0.39, 0.29) is 23.5 Å². The molecule has 0 spiro atoms. The highest BCUT2D eigenvalue weighted by Crippen LogP contribution is 2.73. The van der Waals surface area contributed by atoms with E-state index in [9.17, 15) is 9.59 Å². The van der Waals surface area contributed by atoms with Crippen molar-refractivity contribution in [3.8, 4) is 11.3 Å². The van der Waals surface area contributed by atoms with Crippen molar-refractivity contribution in [3.05, 3.63) is 74.7 Å². The molecular weight excluding hydrogens is 380 g/mol. The molecule has 148 valence electrons. The van der Waals surface area contributed by atoms with Gasteiger partial charge in [0.1, 0.15) is 6.04 Å². The first-order valence-corrected chi connectivity index (χ1v) is 13.8. The molecule has 0 radical (unpaired) electrons. The summed E-state index contributed by atoms with van der Waals surface area (Å²) in [6.45, 7) is 7.21. The Labute approximate surface area is 169 Å². The number of benzene rings is 1. The van der Waals surface area contributed by atoms with Crippen LogP contribution in [0.4, 0.5) is 0 Å². The summed E-state index contributed by atoms with van der Waals surface area (Å²) in [5.74, 6) is 0.861. The van der Waals surface area contributed by atoms with E-state index in [0.717, 1.165) is 22.5 Å². The molecule has 4 heterocycles. The number of nitrogens with zero attached hydrogens (tertiary/aromatic N) is 4. The molecule has 2 bridgehead atoms. The van der Waals surface area contributed by atoms with Gasteiger partial charge in [-0.15, -0.1) is 0 Å². The zero-order valence-corrected chi connectivity index (χ0v) is 18.0. The predicted molar refractivity (Wildman–Crippen MR) is 114 cm³/mol. The van der Waals surface area contributed by atoms with E-state index in [1.54, 1.807) is 16.4 Å². The van der Waals surface area contributed by atoms with Gasteiger partial charge in [-0.25, -0.2) is 23.5 Å². The molecule has 7 heteroatoms. The summed E-state index contributed by atoms with van der Waals surface area (Å²) in [5, 5.41) is 0. The van der Waals surface area contributed by atoms with Crippen LogP contribution in [0, 0.1) is 11.8 Å². The van der Waals surface area contributed by atoms with Crippen molar-refractivity contribution in [1.82, 2.24) is 18.9 Å². The average molecular weight is 405 g/mol. The van der Waals surface area contributed by atoms with Gasteiger partial charge in [-0.1, -0.05) is 56.0 Å². The summed E-state index contributed by atoms with van der Waals surface area (Å²) in [5.41, 5.74) is 4.30. The van der Waals surface area contributed by atoms with Gasteiger partial charge in [0.15, 0.2) is 0 Å². The number of aromatic nitrogens is 4. The van der Waals surface area contributed by atoms with Gasteiger partial charge in [-0.3, -0.25) is 4.98 Å². The Balaban J connectivity index is 1.61. The molecule has 4 aliphatic rings. The molecule has 0 amide bonds. The molecule has 0 saturated heterocycles. The normalized spacial score (nSPS) is 28.6. The number of pyridine rings is 1. The number of hydrogen-bond donors (Lipinski definition) is 0. The molecule has 2 aliphatic carbocycles. The van der Waals surface area contributed by atoms with Gasteiger partial charge in [0.05, 0.1) is 17.4 Å². The molecule has 1 fully saturated rings. The third kappa shape index (κ3) is 2.03. The van der Waals surface area contributed by atoms with Crippen LogP contribution < -0.4 is 11.4 Å². The Morgan fingerprint density at radius 1 is 0.862 bits per heavy atom. The van der Waals surface area contributed by atoms with Crippen molar-refractivity contribution in [1.29, 1.82) is 0 Å². The van der Waals surface area contributed by atoms with Gasteiger partial charge in [-0.2, -0.15) is 0 Å². The average Bonchev–Trinajstić information content (AvgIpc) is 3.44. The summed E-state index contributed by atoms with van der Waals surface area (Å²) in [6, 6.07) is 14.1. The van der Waals surface area contributed by atoms with E-state index in [0.29, 0.717) is 17.4 Å². The summed E-state index contributed by atoms with van der Waals surface area (Å²) >= 11 is 0. The van der Waals surface area contributed by atoms with Gasteiger partial charge in [0.25, 0.3) is 0 Å². The Hall–Kier alpha value is -2.67. The zero-order valence-electron chi connectivity index (χ0n) is 17.0. The second kappa shape index (κ2) is 5.27. The summed E-state index contributed by atoms with van der Waals surface area (Å²) < 4.78 is 4.71. The topological polar surface area (TPSA) is 61.8 Å². The summed E-state index contributed by atoms with van der Waals surface area (Å²) in [4.78, 5) is 31.0. The van der Waals surface area contributed by atoms with Crippen molar-refractivity contribution in [2.75, 3.05) is 0 Å². The first-order chi connectivity index (χ1) is 13.8. The standard InChI is InChI=1S/C22H24N4O2Si/c1-24-21(27)25-18-13-10-11-14(12-8-6-5-7-9-12)23-17(13)19(26(25)22(24)28)16-15(18)20(16)29(2,3)4/h5-11,15-16,18-20H,1-4H3. The first kappa shape index (κ1) is 17.2. The molecular formula is C22H24N4O2Si. The molecule has 5 atom stereocenters. The van der Waals surface area contributed by atoms with Crippen LogP contribution in [-0.2, 0) is 7.05 Å². The Bertz CT molecular complexity index is 1280. The van der Waals surface area contributed by atoms with E-state index in [2.05, 4.69) is 43.9 Å². The molecule has 1 saturated carbocycles. The fraction of sp³-hybridized carbons (Fsp3) is 0.409. The first-order valence-electron chi connectivity index (χ1n) is 10.3. The molecule has 2 aromatic heterocycles. The maximum absolute atomic E-state index is 13.0. The lowest BCUT2D eigenvalue weighted by atomic mass is 9.85. The molecule has 6 nitrogen and oxygen atoms in total. The number of rotatable bonds is 2. The van der Waals surface area contributed by atoms with Gasteiger partial charge in [0.2, 0.25) is 0 Å². The molecule has 5 unspecified atom stereocenters. The van der Waals surface area contributed by atoms with Crippen LogP contribution in [-0.4, -0.2) is 27.0 Å². The van der Waals surface area contributed by atoms with Crippen molar-refractivity contribution in [2.45, 2.75) is 37.3 Å². The minimum Gasteiger partial charge on any atom is -0.250 e. The maximum Gasteiger partial charge on any atom is 0.347 e. The molecule has 0 N–H and O–H groups in total. The van der Waals surface area contributed by atoms with Gasteiger partial charge >= 0.3 is 11.4 Å². The lowest BCUT2D eigenvalue weighted by Crippen LogP contribution is -2.45. The van der Waals surface area contributed by atoms with Crippen LogP contribution in [0.3, 0.4) is 0 Å². The fourth-order valence-electron chi connectivity index (χ4n) is 6.11. The largest absolute Gasteiger partial charge is 0.347 e. The van der Waals surface area contributed by atoms with Crippen LogP contribution in [0.5, 0.6) is 0 Å². The SMILES string of the molecule is Cn1c(=O)n2n(c1=O)C1c3nc(-c4ccccc4)ccc3C2C2C1C2[Si](C)(C)C. The van der Waals surface area contributed by atoms with Gasteiger partial charge < -0.3 is 0 Å². The maximum atomic E-state index is 13.0. The lowest BCUT2D eigenvalue weighted by molar-refractivity contribution is 0.219. The highest BCUT2D eigenvalue weighted by atomic mass is 28.3. The minimum absolute atomic E-state index is 0.0737. The van der Waals surface area contributed by atoms with Gasteiger partial charge in [0, 0.05) is 26.2 Å². The minimum atomic E-state index is -1.44. The molecule has 2 aliphatic heterocycles. The second-order valence-electron chi connectivity index (χ2n) is 9.79. The van der Waals surface area contributed by atoms with Crippen LogP contribution in [0.1, 0.15) is 23.3 Å². The lowest BCUT2D eigenvalue weighted by Gasteiger charge is -2.38. The Morgan fingerprint density at radius 3 is 2.14 bits per heavy atom. The Kier molecular flexibility index (Phi) is 3.13. The van der Waals surface area contributed by atoms with E-state index in [4.69, 9.17) is 4.98 Å². The number of hydrogen-bond acceptors (Lipinski definition) is 3. The van der Waals surface area contributed by atoms with Crippen LogP contribution in [0.15, 0.2) is 52.1 Å². The van der Waals surface area contributed by atoms with E-state index < -0.39 is 8.07 Å². The third-order valence-corrected chi connectivity index (χ3v) is 9.98. The monoisotopic (exact) mass is 404 g/mol. The zero-order chi connectivity index (χ0) is 20.2. The van der Waals surface area contributed by atoms with Crippen molar-refractivity contribution in [2.24, 2.45) is 18.9 Å². The summed E-state index contributed by atoms with van der Waals surface area (Å²) in [6.07, 6.45) is 0. The van der Waals surface area contributed by atoms with E-state index in [1.807, 2.05) is 18.2 Å². The molecule has 1 aromatic carbocycles. The van der Waals surface area contributed by atoms with Gasteiger partial charge in [-0.05, 0) is 23.4 Å². The molecule has 29 heavy (non-hydrogen) atoms. The quantitative estimate of drug-likeness (QED) is 0.617. The van der Waals surface area contributed by atoms with E-state index >= 15 is 0 Å². The Morgan fingerprint density at radius 2 is 1.48 bits per heavy atom. The van der Waals surface area contributed by atoms with Crippen molar-refractivity contribution < 1.29 is 0 Å². The predicted octanol–water partition coefficient (Wildman–Crippen LogP) is 2.87. The van der Waals surface area contributed by atoms with Crippen LogP contribution >= 0.6 is 0 Å². The molecule has 3 aromatic rings. The van der Waals surface area contributed by atoms with Crippen molar-refractivity contribution >= 4 is 8.07 Å².